The minimum Gasteiger partial charge on any atom is -0.0925 e. The Kier molecular flexibility index (Phi) is 13.0. The van der Waals surface area contributed by atoms with Gasteiger partial charge in [0.1, 0.15) is 0 Å². The molecule has 92 valence electrons. The average Bonchev–Trinajstić information content (AvgIpc) is 2.26. The van der Waals surface area contributed by atoms with Crippen LogP contribution >= 0.6 is 15.9 Å². The Balaban J connectivity index is 3.14. The molecule has 0 fully saturated rings. The Hall–Kier alpha value is 0.480. The monoisotopic (exact) mass is 276 g/mol. The molecule has 0 nitrogen and oxygen atoms in total. The summed E-state index contributed by atoms with van der Waals surface area (Å²) in [5, 5.41) is 1.21. The van der Waals surface area contributed by atoms with Crippen molar-refractivity contribution in [3.8, 4) is 0 Å². The Morgan fingerprint density at radius 2 is 1.33 bits per heavy atom. The molecule has 1 unspecified atom stereocenters. The van der Waals surface area contributed by atoms with Crippen molar-refractivity contribution in [1.29, 1.82) is 0 Å². The maximum Gasteiger partial charge on any atom is 0.00596 e. The molecule has 1 heteroatoms. The van der Waals surface area contributed by atoms with Gasteiger partial charge in [-0.15, -0.1) is 0 Å². The van der Waals surface area contributed by atoms with E-state index in [-0.39, 0.29) is 0 Å². The first-order chi connectivity index (χ1) is 7.35. The van der Waals surface area contributed by atoms with E-state index in [0.717, 1.165) is 5.92 Å². The lowest BCUT2D eigenvalue weighted by Crippen LogP contribution is -2.01. The van der Waals surface area contributed by atoms with E-state index >= 15 is 0 Å². The van der Waals surface area contributed by atoms with Crippen molar-refractivity contribution in [3.05, 3.63) is 0 Å². The maximum atomic E-state index is 3.62. The Labute approximate surface area is 105 Å². The first-order valence-electron chi connectivity index (χ1n) is 6.91. The van der Waals surface area contributed by atoms with Gasteiger partial charge >= 0.3 is 0 Å². The van der Waals surface area contributed by atoms with Gasteiger partial charge in [0.25, 0.3) is 0 Å². The zero-order chi connectivity index (χ0) is 11.4. The molecule has 0 N–H and O–H groups in total. The number of unbranched alkanes of at least 4 members (excludes halogenated alkanes) is 6. The van der Waals surface area contributed by atoms with E-state index in [1.807, 2.05) is 0 Å². The Morgan fingerprint density at radius 3 is 1.87 bits per heavy atom. The lowest BCUT2D eigenvalue weighted by Gasteiger charge is -2.12. The summed E-state index contributed by atoms with van der Waals surface area (Å²) in [7, 11) is 0. The van der Waals surface area contributed by atoms with Gasteiger partial charge in [-0.25, -0.2) is 0 Å². The molecule has 0 rings (SSSR count). The van der Waals surface area contributed by atoms with Crippen LogP contribution in [0.3, 0.4) is 0 Å². The summed E-state index contributed by atoms with van der Waals surface area (Å²) in [5.41, 5.74) is 0. The van der Waals surface area contributed by atoms with Gasteiger partial charge in [0.15, 0.2) is 0 Å². The van der Waals surface area contributed by atoms with E-state index in [4.69, 9.17) is 0 Å². The number of rotatable bonds is 11. The molecule has 1 atom stereocenters. The van der Waals surface area contributed by atoms with Crippen molar-refractivity contribution in [2.24, 2.45) is 5.92 Å². The van der Waals surface area contributed by atoms with Crippen LogP contribution in [0, 0.1) is 5.92 Å². The van der Waals surface area contributed by atoms with Gasteiger partial charge < -0.3 is 0 Å². The Morgan fingerprint density at radius 1 is 0.733 bits per heavy atom. The fraction of sp³-hybridized carbons (Fsp3) is 1.00. The van der Waals surface area contributed by atoms with Crippen molar-refractivity contribution >= 4 is 15.9 Å². The molecule has 0 aromatic heterocycles. The van der Waals surface area contributed by atoms with Gasteiger partial charge in [-0.2, -0.15) is 0 Å². The molecule has 0 aromatic carbocycles. The maximum absolute atomic E-state index is 3.62. The highest BCUT2D eigenvalue weighted by atomic mass is 79.9. The first-order valence-corrected chi connectivity index (χ1v) is 8.03. The number of halogens is 1. The lowest BCUT2D eigenvalue weighted by molar-refractivity contribution is 0.459. The molecule has 0 bridgehead atoms. The van der Waals surface area contributed by atoms with Crippen molar-refractivity contribution in [1.82, 2.24) is 0 Å². The van der Waals surface area contributed by atoms with Crippen LogP contribution in [0.1, 0.15) is 78.1 Å². The summed E-state index contributed by atoms with van der Waals surface area (Å²) in [6.45, 7) is 4.58. The summed E-state index contributed by atoms with van der Waals surface area (Å²) < 4.78 is 0. The largest absolute Gasteiger partial charge is 0.0925 e. The normalized spacial score (nSPS) is 13.0. The van der Waals surface area contributed by atoms with Gasteiger partial charge in [-0.1, -0.05) is 81.1 Å². The van der Waals surface area contributed by atoms with Gasteiger partial charge in [0.05, 0.1) is 0 Å². The lowest BCUT2D eigenvalue weighted by atomic mass is 9.98. The fourth-order valence-electron chi connectivity index (χ4n) is 2.10. The second-order valence-corrected chi connectivity index (χ2v) is 5.37. The molecule has 0 aliphatic heterocycles. The summed E-state index contributed by atoms with van der Waals surface area (Å²) in [4.78, 5) is 0. The minimum atomic E-state index is 0.936. The van der Waals surface area contributed by atoms with Crippen LogP contribution in [0.25, 0.3) is 0 Å². The Bertz CT molecular complexity index is 112. The third-order valence-corrected chi connectivity index (χ3v) is 4.05. The molecule has 0 spiro atoms. The third-order valence-electron chi connectivity index (χ3n) is 3.13. The molecule has 0 radical (unpaired) electrons. The molecule has 15 heavy (non-hydrogen) atoms. The van der Waals surface area contributed by atoms with E-state index in [1.165, 1.54) is 69.5 Å². The standard InChI is InChI=1S/C14H29Br/c1-3-5-6-7-8-9-10-12-14(13-15)11-4-2/h14H,3-13H2,1-2H3. The van der Waals surface area contributed by atoms with Gasteiger partial charge in [0, 0.05) is 5.33 Å². The zero-order valence-electron chi connectivity index (χ0n) is 10.7. The second kappa shape index (κ2) is 12.5. The molecule has 0 amide bonds. The van der Waals surface area contributed by atoms with E-state index < -0.39 is 0 Å². The summed E-state index contributed by atoms with van der Waals surface area (Å²) in [6.07, 6.45) is 14.2. The van der Waals surface area contributed by atoms with Gasteiger partial charge in [-0.05, 0) is 18.8 Å². The molecule has 0 saturated carbocycles. The summed E-state index contributed by atoms with van der Waals surface area (Å²) >= 11 is 3.62. The zero-order valence-corrected chi connectivity index (χ0v) is 12.3. The second-order valence-electron chi connectivity index (χ2n) is 4.72. The minimum absolute atomic E-state index is 0.936. The molecular formula is C14H29Br. The molecular weight excluding hydrogens is 248 g/mol. The van der Waals surface area contributed by atoms with E-state index in [9.17, 15) is 0 Å². The summed E-state index contributed by atoms with van der Waals surface area (Å²) in [5.74, 6) is 0.936. The highest BCUT2D eigenvalue weighted by Crippen LogP contribution is 2.18. The molecule has 0 aromatic rings. The molecule has 0 aliphatic rings. The molecule has 0 heterocycles. The van der Waals surface area contributed by atoms with Crippen molar-refractivity contribution in [3.63, 3.8) is 0 Å². The van der Waals surface area contributed by atoms with Crippen molar-refractivity contribution < 1.29 is 0 Å². The van der Waals surface area contributed by atoms with Crippen LogP contribution in [0.2, 0.25) is 0 Å². The number of hydrogen-bond acceptors (Lipinski definition) is 0. The van der Waals surface area contributed by atoms with Crippen molar-refractivity contribution in [2.75, 3.05) is 5.33 Å². The van der Waals surface area contributed by atoms with Crippen LogP contribution < -0.4 is 0 Å². The van der Waals surface area contributed by atoms with Crippen LogP contribution in [-0.2, 0) is 0 Å². The predicted octanol–water partition coefficient (Wildman–Crippen LogP) is 5.94. The predicted molar refractivity (Wildman–Crippen MR) is 74.8 cm³/mol. The first kappa shape index (κ1) is 15.5. The average molecular weight is 277 g/mol. The van der Waals surface area contributed by atoms with Crippen LogP contribution in [0.15, 0.2) is 0 Å². The van der Waals surface area contributed by atoms with E-state index in [2.05, 4.69) is 29.8 Å². The molecule has 0 saturated heterocycles. The fourth-order valence-corrected chi connectivity index (χ4v) is 2.74. The van der Waals surface area contributed by atoms with Crippen LogP contribution in [0.5, 0.6) is 0 Å². The number of hydrogen-bond donors (Lipinski definition) is 0. The van der Waals surface area contributed by atoms with Gasteiger partial charge in [-0.3, -0.25) is 0 Å². The van der Waals surface area contributed by atoms with E-state index in [1.54, 1.807) is 0 Å². The highest BCUT2D eigenvalue weighted by molar-refractivity contribution is 9.09. The summed E-state index contributed by atoms with van der Waals surface area (Å²) in [6, 6.07) is 0. The topological polar surface area (TPSA) is 0 Å². The smallest absolute Gasteiger partial charge is 0.00596 e. The SMILES string of the molecule is CCCCCCCCCC(CBr)CCC. The van der Waals surface area contributed by atoms with Crippen LogP contribution in [0.4, 0.5) is 0 Å². The van der Waals surface area contributed by atoms with Gasteiger partial charge in [0.2, 0.25) is 0 Å². The number of alkyl halides is 1. The van der Waals surface area contributed by atoms with E-state index in [0.29, 0.717) is 0 Å². The van der Waals surface area contributed by atoms with Crippen LogP contribution in [-0.4, -0.2) is 5.33 Å². The highest BCUT2D eigenvalue weighted by Gasteiger charge is 2.04. The van der Waals surface area contributed by atoms with Crippen molar-refractivity contribution in [2.45, 2.75) is 78.1 Å². The molecule has 0 aliphatic carbocycles. The quantitative estimate of drug-likeness (QED) is 0.324. The third kappa shape index (κ3) is 10.8.